The van der Waals surface area contributed by atoms with Gasteiger partial charge in [0.15, 0.2) is 12.6 Å². The molecule has 15 atom stereocenters. The first-order valence-electron chi connectivity index (χ1n) is 12.9. The van der Waals surface area contributed by atoms with Gasteiger partial charge in [0.2, 0.25) is 0 Å². The molecule has 3 fully saturated rings. The molecule has 3 rings (SSSR count). The molecule has 0 radical (unpaired) electrons. The average molecular weight is 589 g/mol. The number of aliphatic hydroxyl groups is 10. The molecule has 0 spiro atoms. The van der Waals surface area contributed by atoms with Crippen LogP contribution in [0.25, 0.3) is 0 Å². The van der Waals surface area contributed by atoms with E-state index in [0.717, 1.165) is 0 Å². The van der Waals surface area contributed by atoms with Crippen molar-refractivity contribution in [3.63, 3.8) is 0 Å². The lowest BCUT2D eigenvalue weighted by molar-refractivity contribution is -0.374. The van der Waals surface area contributed by atoms with Gasteiger partial charge in [-0.2, -0.15) is 0 Å². The molecule has 3 heterocycles. The zero-order valence-electron chi connectivity index (χ0n) is 21.7. The highest BCUT2D eigenvalue weighted by Gasteiger charge is 2.53. The summed E-state index contributed by atoms with van der Waals surface area (Å²) in [5.41, 5.74) is 0. The predicted molar refractivity (Wildman–Crippen MR) is 125 cm³/mol. The maximum absolute atomic E-state index is 11.4. The van der Waals surface area contributed by atoms with E-state index in [9.17, 15) is 55.9 Å². The minimum Gasteiger partial charge on any atom is -0.469 e. The summed E-state index contributed by atoms with van der Waals surface area (Å²) in [6, 6.07) is 0. The summed E-state index contributed by atoms with van der Waals surface area (Å²) >= 11 is 0. The maximum atomic E-state index is 11.4. The SMILES string of the molecule is COC(=O)CCC[C@@H]1O[C@H](CO)[C@@H](O)[C@H](O[C@@H]2O[C@H](CO)[C@@H](O)[C@H](O[C@@H]3O[C@H](CO)[C@@H](O)[C@H](O)[C@H]3O)[C@H]2O)[C@H]1O. The van der Waals surface area contributed by atoms with Gasteiger partial charge in [-0.3, -0.25) is 4.79 Å². The van der Waals surface area contributed by atoms with Crippen LogP contribution in [0, 0.1) is 0 Å². The number of aliphatic hydroxyl groups excluding tert-OH is 10. The van der Waals surface area contributed by atoms with E-state index in [1.54, 1.807) is 0 Å². The van der Waals surface area contributed by atoms with Gasteiger partial charge in [0.1, 0.15) is 73.2 Å². The van der Waals surface area contributed by atoms with Crippen molar-refractivity contribution < 1.29 is 84.3 Å². The maximum Gasteiger partial charge on any atom is 0.305 e. The van der Waals surface area contributed by atoms with Crippen molar-refractivity contribution in [2.24, 2.45) is 0 Å². The standard InChI is InChI=1S/C23H40O17/c1-35-12(27)4-2-3-8-14(29)20(15(30)10(6-25)36-8)39-23-19(34)21(16(31)11(7-26)38-23)40-22-18(33)17(32)13(28)9(5-24)37-22/h8-11,13-26,28-34H,2-7H2,1H3/t8-,9+,10+,11+,13+,14-,15+,16+,17-,18+,19+,20+,21-,22-,23-/m0/s1. The quantitative estimate of drug-likeness (QED) is 0.101. The lowest BCUT2D eigenvalue weighted by Gasteiger charge is -2.48. The fourth-order valence-electron chi connectivity index (χ4n) is 4.93. The molecule has 0 aromatic heterocycles. The molecule has 17 nitrogen and oxygen atoms in total. The van der Waals surface area contributed by atoms with E-state index in [0.29, 0.717) is 0 Å². The third-order valence-corrected chi connectivity index (χ3v) is 7.31. The molecule has 0 aromatic rings. The lowest BCUT2D eigenvalue weighted by Crippen LogP contribution is -2.66. The minimum absolute atomic E-state index is 0.0123. The van der Waals surface area contributed by atoms with Gasteiger partial charge in [0.05, 0.1) is 33.0 Å². The van der Waals surface area contributed by atoms with Crippen LogP contribution >= 0.6 is 0 Å². The molecule has 3 aliphatic rings. The van der Waals surface area contributed by atoms with Crippen LogP contribution in [0.4, 0.5) is 0 Å². The molecule has 0 aromatic carbocycles. The average Bonchev–Trinajstić information content (AvgIpc) is 2.95. The second-order valence-electron chi connectivity index (χ2n) is 9.95. The Balaban J connectivity index is 1.76. The Morgan fingerprint density at radius 3 is 1.57 bits per heavy atom. The summed E-state index contributed by atoms with van der Waals surface area (Å²) in [6.45, 7) is -2.24. The largest absolute Gasteiger partial charge is 0.469 e. The van der Waals surface area contributed by atoms with Crippen LogP contribution in [0.5, 0.6) is 0 Å². The number of carbonyl (C=O) groups excluding carboxylic acids is 1. The van der Waals surface area contributed by atoms with E-state index in [4.69, 9.17) is 23.7 Å². The van der Waals surface area contributed by atoms with Crippen LogP contribution in [0.1, 0.15) is 19.3 Å². The van der Waals surface area contributed by atoms with Crippen molar-refractivity contribution in [1.29, 1.82) is 0 Å². The first kappa shape index (κ1) is 33.4. The van der Waals surface area contributed by atoms with Crippen molar-refractivity contribution in [1.82, 2.24) is 0 Å². The molecule has 3 saturated heterocycles. The van der Waals surface area contributed by atoms with Gasteiger partial charge in [-0.25, -0.2) is 0 Å². The highest BCUT2D eigenvalue weighted by Crippen LogP contribution is 2.33. The zero-order valence-corrected chi connectivity index (χ0v) is 21.7. The molecule has 3 aliphatic heterocycles. The molecule has 0 saturated carbocycles. The summed E-state index contributed by atoms with van der Waals surface area (Å²) < 4.78 is 32.1. The second kappa shape index (κ2) is 14.9. The van der Waals surface area contributed by atoms with Crippen molar-refractivity contribution in [2.45, 2.75) is 111 Å². The zero-order chi connectivity index (χ0) is 29.7. The third-order valence-electron chi connectivity index (χ3n) is 7.31. The Morgan fingerprint density at radius 1 is 0.600 bits per heavy atom. The van der Waals surface area contributed by atoms with E-state index in [1.807, 2.05) is 0 Å². The number of esters is 1. The van der Waals surface area contributed by atoms with Gasteiger partial charge < -0.3 is 79.5 Å². The van der Waals surface area contributed by atoms with Crippen LogP contribution in [0.2, 0.25) is 0 Å². The predicted octanol–water partition coefficient (Wildman–Crippen LogP) is -6.18. The molecular formula is C23H40O17. The molecule has 234 valence electrons. The van der Waals surface area contributed by atoms with Crippen LogP contribution < -0.4 is 0 Å². The number of ether oxygens (including phenoxy) is 6. The van der Waals surface area contributed by atoms with Gasteiger partial charge in [-0.15, -0.1) is 0 Å². The first-order valence-corrected chi connectivity index (χ1v) is 12.9. The van der Waals surface area contributed by atoms with Crippen molar-refractivity contribution in [2.75, 3.05) is 26.9 Å². The van der Waals surface area contributed by atoms with Gasteiger partial charge >= 0.3 is 5.97 Å². The topological polar surface area (TPSA) is 275 Å². The van der Waals surface area contributed by atoms with Crippen LogP contribution in [0.15, 0.2) is 0 Å². The fraction of sp³-hybridized carbons (Fsp3) is 0.957. The molecule has 0 amide bonds. The van der Waals surface area contributed by atoms with Crippen LogP contribution in [-0.4, -0.2) is 176 Å². The summed E-state index contributed by atoms with van der Waals surface area (Å²) in [6.07, 6.45) is -23.7. The van der Waals surface area contributed by atoms with Crippen LogP contribution in [-0.2, 0) is 33.2 Å². The Morgan fingerprint density at radius 2 is 1.05 bits per heavy atom. The van der Waals surface area contributed by atoms with Gasteiger partial charge in [0.25, 0.3) is 0 Å². The normalized spacial score (nSPS) is 46.2. The number of hydrogen-bond acceptors (Lipinski definition) is 17. The number of hydrogen-bond donors (Lipinski definition) is 10. The summed E-state index contributed by atoms with van der Waals surface area (Å²) in [4.78, 5) is 11.4. The van der Waals surface area contributed by atoms with Crippen molar-refractivity contribution in [3.8, 4) is 0 Å². The summed E-state index contributed by atoms with van der Waals surface area (Å²) in [5.74, 6) is -0.491. The van der Waals surface area contributed by atoms with Crippen molar-refractivity contribution in [3.05, 3.63) is 0 Å². The Labute approximate surface area is 229 Å². The van der Waals surface area contributed by atoms with E-state index >= 15 is 0 Å². The first-order chi connectivity index (χ1) is 19.0. The van der Waals surface area contributed by atoms with E-state index in [1.165, 1.54) is 7.11 Å². The molecule has 0 aliphatic carbocycles. The Bertz CT molecular complexity index is 786. The number of carbonyl (C=O) groups is 1. The minimum atomic E-state index is -1.90. The Hall–Kier alpha value is -1.13. The van der Waals surface area contributed by atoms with E-state index in [-0.39, 0.29) is 19.3 Å². The fourth-order valence-corrected chi connectivity index (χ4v) is 4.93. The van der Waals surface area contributed by atoms with Gasteiger partial charge in [-0.1, -0.05) is 0 Å². The van der Waals surface area contributed by atoms with Gasteiger partial charge in [0, 0.05) is 6.42 Å². The molecule has 17 heteroatoms. The van der Waals surface area contributed by atoms with Crippen LogP contribution in [0.3, 0.4) is 0 Å². The number of methoxy groups -OCH3 is 1. The molecule has 10 N–H and O–H groups in total. The lowest BCUT2D eigenvalue weighted by atomic mass is 9.91. The highest BCUT2D eigenvalue weighted by molar-refractivity contribution is 5.68. The molecule has 0 unspecified atom stereocenters. The molecular weight excluding hydrogens is 548 g/mol. The summed E-state index contributed by atoms with van der Waals surface area (Å²) in [5, 5.41) is 102. The smallest absolute Gasteiger partial charge is 0.305 e. The Kier molecular flexibility index (Phi) is 12.4. The van der Waals surface area contributed by atoms with Crippen molar-refractivity contribution >= 4 is 5.97 Å². The third kappa shape index (κ3) is 7.25. The second-order valence-corrected chi connectivity index (χ2v) is 9.95. The van der Waals surface area contributed by atoms with E-state index < -0.39 is 118 Å². The van der Waals surface area contributed by atoms with E-state index in [2.05, 4.69) is 4.74 Å². The molecule has 40 heavy (non-hydrogen) atoms. The summed E-state index contributed by atoms with van der Waals surface area (Å²) in [7, 11) is 1.22. The monoisotopic (exact) mass is 588 g/mol. The number of rotatable bonds is 11. The van der Waals surface area contributed by atoms with Gasteiger partial charge in [-0.05, 0) is 12.8 Å². The highest BCUT2D eigenvalue weighted by atomic mass is 16.7. The molecule has 0 bridgehead atoms.